The Hall–Kier alpha value is -3.86. The summed E-state index contributed by atoms with van der Waals surface area (Å²) < 4.78 is 10.5. The maximum Gasteiger partial charge on any atom is 0.292 e. The number of methoxy groups -OCH3 is 2. The molecule has 1 heterocycles. The Bertz CT molecular complexity index is 1060. The average molecular weight is 349 g/mol. The van der Waals surface area contributed by atoms with Crippen molar-refractivity contribution in [2.75, 3.05) is 14.2 Å². The molecule has 130 valence electrons. The highest BCUT2D eigenvalue weighted by atomic mass is 16.5. The Morgan fingerprint density at radius 1 is 1.00 bits per heavy atom. The van der Waals surface area contributed by atoms with E-state index < -0.39 is 5.56 Å². The molecule has 0 amide bonds. The Balaban J connectivity index is 2.01. The van der Waals surface area contributed by atoms with Crippen molar-refractivity contribution in [1.82, 2.24) is 10.2 Å². The van der Waals surface area contributed by atoms with Gasteiger partial charge in [0.25, 0.3) is 5.56 Å². The van der Waals surface area contributed by atoms with E-state index in [9.17, 15) is 4.79 Å². The molecule has 0 bridgehead atoms. The first-order valence-corrected chi connectivity index (χ1v) is 7.61. The summed E-state index contributed by atoms with van der Waals surface area (Å²) in [6, 6.07) is 13.9. The first kappa shape index (κ1) is 17.0. The molecule has 26 heavy (non-hydrogen) atoms. The number of benzene rings is 2. The van der Waals surface area contributed by atoms with Crippen LogP contribution in [0.4, 0.5) is 11.4 Å². The van der Waals surface area contributed by atoms with Gasteiger partial charge in [-0.2, -0.15) is 10.4 Å². The minimum absolute atomic E-state index is 0.125. The summed E-state index contributed by atoms with van der Waals surface area (Å²) >= 11 is 0. The summed E-state index contributed by atoms with van der Waals surface area (Å²) in [5.74, 6) is 1.10. The molecule has 1 aromatic heterocycles. The van der Waals surface area contributed by atoms with Gasteiger partial charge < -0.3 is 9.47 Å². The molecule has 8 nitrogen and oxygen atoms in total. The van der Waals surface area contributed by atoms with Gasteiger partial charge in [0.15, 0.2) is 17.2 Å². The lowest BCUT2D eigenvalue weighted by Crippen LogP contribution is -1.96. The smallest absolute Gasteiger partial charge is 0.292 e. The van der Waals surface area contributed by atoms with Gasteiger partial charge in [0.05, 0.1) is 37.2 Å². The number of aromatic nitrogens is 2. The van der Waals surface area contributed by atoms with Gasteiger partial charge in [0, 0.05) is 5.56 Å². The molecule has 0 aliphatic rings. The fourth-order valence-electron chi connectivity index (χ4n) is 2.39. The zero-order valence-corrected chi connectivity index (χ0v) is 14.1. The second-order valence-corrected chi connectivity index (χ2v) is 5.23. The standard InChI is InChI=1S/C18H15N5O3/c1-25-14-7-6-12(9-15(14)26-2)16-17(18(24)23-21-16)22-20-13-5-3-4-11(8-13)10-19/h3-9H,1-2H3,(H2,21,23,24). The van der Waals surface area contributed by atoms with Crippen LogP contribution in [0, 0.1) is 11.3 Å². The van der Waals surface area contributed by atoms with E-state index in [1.54, 1.807) is 49.6 Å². The van der Waals surface area contributed by atoms with Crippen LogP contribution in [0.2, 0.25) is 0 Å². The normalized spacial score (nSPS) is 10.7. The third-order valence-electron chi connectivity index (χ3n) is 3.67. The number of H-pyrrole nitrogens is 2. The Kier molecular flexibility index (Phi) is 4.80. The van der Waals surface area contributed by atoms with Gasteiger partial charge in [-0.1, -0.05) is 6.07 Å². The van der Waals surface area contributed by atoms with Crippen molar-refractivity contribution < 1.29 is 9.47 Å². The molecular weight excluding hydrogens is 334 g/mol. The van der Waals surface area contributed by atoms with Crippen molar-refractivity contribution >= 4 is 11.4 Å². The number of ether oxygens (including phenoxy) is 2. The minimum Gasteiger partial charge on any atom is -0.493 e. The monoisotopic (exact) mass is 349 g/mol. The Labute approximate surface area is 148 Å². The van der Waals surface area contributed by atoms with Crippen LogP contribution in [-0.4, -0.2) is 24.4 Å². The molecule has 0 spiro atoms. The summed E-state index contributed by atoms with van der Waals surface area (Å²) in [6.07, 6.45) is 0. The van der Waals surface area contributed by atoms with E-state index in [-0.39, 0.29) is 5.69 Å². The molecule has 0 saturated carbocycles. The van der Waals surface area contributed by atoms with Crippen molar-refractivity contribution in [2.24, 2.45) is 10.2 Å². The molecule has 0 aliphatic heterocycles. The molecule has 0 unspecified atom stereocenters. The molecule has 2 aromatic carbocycles. The number of hydrogen-bond acceptors (Lipinski definition) is 6. The summed E-state index contributed by atoms with van der Waals surface area (Å²) in [7, 11) is 3.08. The summed E-state index contributed by atoms with van der Waals surface area (Å²) in [5.41, 5.74) is 1.80. The predicted molar refractivity (Wildman–Crippen MR) is 95.3 cm³/mol. The summed E-state index contributed by atoms with van der Waals surface area (Å²) in [5, 5.41) is 22.4. The van der Waals surface area contributed by atoms with Crippen LogP contribution >= 0.6 is 0 Å². The van der Waals surface area contributed by atoms with Crippen molar-refractivity contribution in [3.63, 3.8) is 0 Å². The van der Waals surface area contributed by atoms with Gasteiger partial charge in [-0.05, 0) is 36.4 Å². The average Bonchev–Trinajstić information content (AvgIpc) is 3.06. The fraction of sp³-hybridized carbons (Fsp3) is 0.111. The van der Waals surface area contributed by atoms with E-state index in [2.05, 4.69) is 20.4 Å². The van der Waals surface area contributed by atoms with Crippen LogP contribution in [0.3, 0.4) is 0 Å². The van der Waals surface area contributed by atoms with Gasteiger partial charge in [0.1, 0.15) is 0 Å². The van der Waals surface area contributed by atoms with Crippen LogP contribution in [0.25, 0.3) is 11.3 Å². The summed E-state index contributed by atoms with van der Waals surface area (Å²) in [4.78, 5) is 12.1. The van der Waals surface area contributed by atoms with Crippen LogP contribution in [0.5, 0.6) is 11.5 Å². The van der Waals surface area contributed by atoms with E-state index in [1.807, 2.05) is 6.07 Å². The van der Waals surface area contributed by atoms with Crippen LogP contribution in [0.1, 0.15) is 5.56 Å². The first-order chi connectivity index (χ1) is 12.7. The number of rotatable bonds is 5. The van der Waals surface area contributed by atoms with Gasteiger partial charge in [-0.25, -0.2) is 0 Å². The van der Waals surface area contributed by atoms with E-state index in [1.165, 1.54) is 7.11 Å². The van der Waals surface area contributed by atoms with Crippen LogP contribution < -0.4 is 15.0 Å². The Morgan fingerprint density at radius 2 is 1.81 bits per heavy atom. The minimum atomic E-state index is -0.407. The molecule has 3 aromatic rings. The van der Waals surface area contributed by atoms with Gasteiger partial charge in [-0.3, -0.25) is 15.0 Å². The molecule has 2 N–H and O–H groups in total. The molecular formula is C18H15N5O3. The zero-order valence-electron chi connectivity index (χ0n) is 14.1. The van der Waals surface area contributed by atoms with E-state index in [4.69, 9.17) is 14.7 Å². The topological polar surface area (TPSA) is 116 Å². The maximum absolute atomic E-state index is 12.1. The highest BCUT2D eigenvalue weighted by Gasteiger charge is 2.14. The number of nitrogens with one attached hydrogen (secondary N) is 2. The fourth-order valence-corrected chi connectivity index (χ4v) is 2.39. The zero-order chi connectivity index (χ0) is 18.5. The Morgan fingerprint density at radius 3 is 2.54 bits per heavy atom. The number of nitrogens with zero attached hydrogens (tertiary/aromatic N) is 3. The third-order valence-corrected chi connectivity index (χ3v) is 3.67. The number of nitriles is 1. The lowest BCUT2D eigenvalue weighted by atomic mass is 10.1. The van der Waals surface area contributed by atoms with Crippen molar-refractivity contribution in [3.8, 4) is 28.8 Å². The lowest BCUT2D eigenvalue weighted by Gasteiger charge is -2.08. The van der Waals surface area contributed by atoms with Crippen molar-refractivity contribution in [2.45, 2.75) is 0 Å². The molecule has 0 aliphatic carbocycles. The van der Waals surface area contributed by atoms with Crippen LogP contribution in [0.15, 0.2) is 57.5 Å². The largest absolute Gasteiger partial charge is 0.493 e. The van der Waals surface area contributed by atoms with Crippen molar-refractivity contribution in [3.05, 3.63) is 58.4 Å². The second-order valence-electron chi connectivity index (χ2n) is 5.23. The maximum atomic E-state index is 12.1. The SMILES string of the molecule is COc1ccc(-c2[nH][nH]c(=O)c2N=Nc2cccc(C#N)c2)cc1OC. The highest BCUT2D eigenvalue weighted by molar-refractivity contribution is 5.73. The van der Waals surface area contributed by atoms with E-state index in [0.717, 1.165) is 0 Å². The van der Waals surface area contributed by atoms with Crippen LogP contribution in [-0.2, 0) is 0 Å². The first-order valence-electron chi connectivity index (χ1n) is 7.61. The molecule has 8 heteroatoms. The van der Waals surface area contributed by atoms with E-state index >= 15 is 0 Å². The predicted octanol–water partition coefficient (Wildman–Crippen LogP) is 3.67. The molecule has 3 rings (SSSR count). The van der Waals surface area contributed by atoms with Gasteiger partial charge in [0.2, 0.25) is 0 Å². The number of aromatic amines is 2. The second kappa shape index (κ2) is 7.36. The molecule has 0 radical (unpaired) electrons. The van der Waals surface area contributed by atoms with Gasteiger partial charge >= 0.3 is 0 Å². The van der Waals surface area contributed by atoms with Crippen molar-refractivity contribution in [1.29, 1.82) is 5.26 Å². The number of hydrogen-bond donors (Lipinski definition) is 2. The molecule has 0 atom stereocenters. The number of azo groups is 1. The molecule has 0 fully saturated rings. The lowest BCUT2D eigenvalue weighted by molar-refractivity contribution is 0.355. The molecule has 0 saturated heterocycles. The summed E-state index contributed by atoms with van der Waals surface area (Å²) in [6.45, 7) is 0. The third kappa shape index (κ3) is 3.32. The highest BCUT2D eigenvalue weighted by Crippen LogP contribution is 2.34. The van der Waals surface area contributed by atoms with E-state index in [0.29, 0.717) is 34.0 Å². The van der Waals surface area contributed by atoms with Gasteiger partial charge in [-0.15, -0.1) is 5.11 Å². The quantitative estimate of drug-likeness (QED) is 0.683.